The average molecular weight is 858 g/mol. The van der Waals surface area contributed by atoms with Gasteiger partial charge >= 0.3 is 5.97 Å². The van der Waals surface area contributed by atoms with Crippen LogP contribution in [0.4, 0.5) is 0 Å². The van der Waals surface area contributed by atoms with Gasteiger partial charge in [-0.25, -0.2) is 4.79 Å². The molecule has 2 N–H and O–H groups in total. The van der Waals surface area contributed by atoms with Crippen LogP contribution in [-0.4, -0.2) is 77.0 Å². The molecule has 1 amide bonds. The number of nitrogens with zero attached hydrogens (tertiary/aromatic N) is 3. The van der Waals surface area contributed by atoms with Crippen molar-refractivity contribution in [1.29, 1.82) is 0 Å². The number of para-hydroxylation sites is 2. The molecule has 61 heavy (non-hydrogen) atoms. The summed E-state index contributed by atoms with van der Waals surface area (Å²) in [6, 6.07) is 33.8. The minimum atomic E-state index is -0.937. The SMILES string of the molecule is Cc1cc(OCCCc2c(C(=O)O)n(CCN3CCOCC3)c3c(-c4ccccc4Cn4cc(CCNC(=O)c5ccc(Cl)cc5)c5ccccc54)cccc23)cc(C)c1Cl. The molecule has 5 aromatic carbocycles. The second kappa shape index (κ2) is 19.0. The number of aromatic carboxylic acids is 1. The van der Waals surface area contributed by atoms with Crippen molar-refractivity contribution in [3.8, 4) is 16.9 Å². The van der Waals surface area contributed by atoms with E-state index in [4.69, 9.17) is 32.7 Å². The lowest BCUT2D eigenvalue weighted by molar-refractivity contribution is 0.0362. The maximum atomic E-state index is 13.4. The molecule has 1 fully saturated rings. The Morgan fingerprint density at radius 3 is 2.28 bits per heavy atom. The lowest BCUT2D eigenvalue weighted by atomic mass is 9.96. The van der Waals surface area contributed by atoms with Gasteiger partial charge in [0.15, 0.2) is 0 Å². The van der Waals surface area contributed by atoms with E-state index in [1.54, 1.807) is 24.3 Å². The van der Waals surface area contributed by atoms with E-state index in [-0.39, 0.29) is 5.91 Å². The van der Waals surface area contributed by atoms with Gasteiger partial charge in [0.2, 0.25) is 0 Å². The molecular weight excluding hydrogens is 807 g/mol. The van der Waals surface area contributed by atoms with E-state index in [0.29, 0.717) is 81.5 Å². The number of fused-ring (bicyclic) bond motifs is 2. The molecular formula is C50H50Cl2N4O5. The fraction of sp³-hybridized carbons (Fsp3) is 0.280. The van der Waals surface area contributed by atoms with Gasteiger partial charge in [0, 0.05) is 82.9 Å². The highest BCUT2D eigenvalue weighted by Crippen LogP contribution is 2.38. The van der Waals surface area contributed by atoms with Crippen molar-refractivity contribution < 1.29 is 24.2 Å². The number of amides is 1. The van der Waals surface area contributed by atoms with Crippen LogP contribution in [0.2, 0.25) is 10.0 Å². The number of carboxylic acid groups (broad SMARTS) is 1. The first-order valence-corrected chi connectivity index (χ1v) is 21.7. The number of hydrogen-bond acceptors (Lipinski definition) is 5. The van der Waals surface area contributed by atoms with Crippen LogP contribution in [0.5, 0.6) is 5.75 Å². The first-order chi connectivity index (χ1) is 29.7. The maximum Gasteiger partial charge on any atom is 0.352 e. The fourth-order valence-electron chi connectivity index (χ4n) is 8.68. The zero-order chi connectivity index (χ0) is 42.5. The third-order valence-electron chi connectivity index (χ3n) is 11.7. The molecule has 0 atom stereocenters. The highest BCUT2D eigenvalue weighted by Gasteiger charge is 2.26. The lowest BCUT2D eigenvalue weighted by Crippen LogP contribution is -2.38. The molecule has 0 spiro atoms. The summed E-state index contributed by atoms with van der Waals surface area (Å²) < 4.78 is 16.1. The summed E-state index contributed by atoms with van der Waals surface area (Å²) in [5.74, 6) is -0.315. The van der Waals surface area contributed by atoms with Crippen LogP contribution >= 0.6 is 23.2 Å². The number of benzene rings is 5. The van der Waals surface area contributed by atoms with Crippen LogP contribution in [0.1, 0.15) is 55.1 Å². The number of nitrogens with one attached hydrogen (secondary N) is 1. The molecule has 0 aliphatic carbocycles. The van der Waals surface area contributed by atoms with Crippen molar-refractivity contribution in [2.24, 2.45) is 0 Å². The van der Waals surface area contributed by atoms with Crippen LogP contribution in [0.25, 0.3) is 32.9 Å². The Bertz CT molecular complexity index is 2670. The van der Waals surface area contributed by atoms with E-state index in [1.165, 1.54) is 0 Å². The van der Waals surface area contributed by atoms with E-state index < -0.39 is 5.97 Å². The zero-order valence-electron chi connectivity index (χ0n) is 34.6. The van der Waals surface area contributed by atoms with Gasteiger partial charge in [-0.1, -0.05) is 83.9 Å². The third kappa shape index (κ3) is 9.36. The first kappa shape index (κ1) is 42.1. The summed E-state index contributed by atoms with van der Waals surface area (Å²) in [4.78, 5) is 28.6. The average Bonchev–Trinajstić information content (AvgIpc) is 3.79. The molecule has 1 aliphatic heterocycles. The van der Waals surface area contributed by atoms with Gasteiger partial charge in [0.05, 0.1) is 25.3 Å². The van der Waals surface area contributed by atoms with Gasteiger partial charge in [0.1, 0.15) is 11.4 Å². The number of aryl methyl sites for hydroxylation is 3. The molecule has 1 saturated heterocycles. The molecule has 0 saturated carbocycles. The summed E-state index contributed by atoms with van der Waals surface area (Å²) in [5, 5.41) is 17.4. The highest BCUT2D eigenvalue weighted by atomic mass is 35.5. The van der Waals surface area contributed by atoms with Crippen molar-refractivity contribution in [3.63, 3.8) is 0 Å². The Morgan fingerprint density at radius 2 is 1.51 bits per heavy atom. The van der Waals surface area contributed by atoms with E-state index in [1.807, 2.05) is 42.7 Å². The standard InChI is InChI=1S/C50H50Cl2N4O5/c1-33-29-39(30-34(2)46(33)52)61-26-8-14-44-43-13-7-12-42(47(43)56(48(44)50(58)59)23-22-54-24-27-60-28-25-54)40-10-4-3-9-36(40)31-55-32-37(41-11-5-6-15-45(41)55)20-21-53-49(57)35-16-18-38(51)19-17-35/h3-7,9-13,15-19,29-30,32H,8,14,20-28,31H2,1-2H3,(H,53,57)(H,58,59). The summed E-state index contributed by atoms with van der Waals surface area (Å²) in [6.45, 7) is 9.64. The monoisotopic (exact) mass is 856 g/mol. The van der Waals surface area contributed by atoms with Gasteiger partial charge in [-0.15, -0.1) is 0 Å². The normalized spacial score (nSPS) is 13.2. The molecule has 8 rings (SSSR count). The van der Waals surface area contributed by atoms with E-state index in [9.17, 15) is 14.7 Å². The van der Waals surface area contributed by atoms with Crippen molar-refractivity contribution in [3.05, 3.63) is 158 Å². The van der Waals surface area contributed by atoms with Crippen LogP contribution in [0.15, 0.2) is 109 Å². The Balaban J connectivity index is 1.11. The molecule has 2 aromatic heterocycles. The van der Waals surface area contributed by atoms with Crippen molar-refractivity contribution in [2.75, 3.05) is 46.0 Å². The number of ether oxygens (including phenoxy) is 2. The predicted octanol–water partition coefficient (Wildman–Crippen LogP) is 10.2. The van der Waals surface area contributed by atoms with Crippen LogP contribution in [-0.2, 0) is 30.7 Å². The van der Waals surface area contributed by atoms with Gasteiger partial charge < -0.3 is 29.0 Å². The summed E-state index contributed by atoms with van der Waals surface area (Å²) in [7, 11) is 0. The number of aromatic nitrogens is 2. The highest BCUT2D eigenvalue weighted by molar-refractivity contribution is 6.32. The predicted molar refractivity (Wildman–Crippen MR) is 245 cm³/mol. The molecule has 9 nitrogen and oxygen atoms in total. The van der Waals surface area contributed by atoms with Gasteiger partial charge in [-0.05, 0) is 109 Å². The van der Waals surface area contributed by atoms with Crippen molar-refractivity contribution in [2.45, 2.75) is 46.2 Å². The fourth-order valence-corrected chi connectivity index (χ4v) is 8.92. The Morgan fingerprint density at radius 1 is 0.803 bits per heavy atom. The van der Waals surface area contributed by atoms with Crippen LogP contribution in [0.3, 0.4) is 0 Å². The molecule has 0 radical (unpaired) electrons. The second-order valence-corrected chi connectivity index (χ2v) is 16.5. The Kier molecular flexibility index (Phi) is 13.1. The molecule has 314 valence electrons. The molecule has 11 heteroatoms. The summed E-state index contributed by atoms with van der Waals surface area (Å²) in [5.41, 5.74) is 9.97. The maximum absolute atomic E-state index is 13.4. The van der Waals surface area contributed by atoms with E-state index >= 15 is 0 Å². The van der Waals surface area contributed by atoms with Gasteiger partial charge in [0.25, 0.3) is 5.91 Å². The summed E-state index contributed by atoms with van der Waals surface area (Å²) in [6.07, 6.45) is 4.03. The quantitative estimate of drug-likeness (QED) is 0.0940. The van der Waals surface area contributed by atoms with Gasteiger partial charge in [-0.2, -0.15) is 0 Å². The topological polar surface area (TPSA) is 98.0 Å². The largest absolute Gasteiger partial charge is 0.494 e. The molecule has 1 aliphatic rings. The Labute approximate surface area is 366 Å². The molecule has 0 bridgehead atoms. The van der Waals surface area contributed by atoms with Crippen molar-refractivity contribution >= 4 is 56.9 Å². The first-order valence-electron chi connectivity index (χ1n) is 20.9. The number of carbonyl (C=O) groups is 2. The number of carboxylic acids is 1. The summed E-state index contributed by atoms with van der Waals surface area (Å²) >= 11 is 12.4. The number of carbonyl (C=O) groups excluding carboxylic acids is 1. The van der Waals surface area contributed by atoms with Crippen LogP contribution < -0.4 is 10.1 Å². The van der Waals surface area contributed by atoms with E-state index in [2.05, 4.69) is 75.6 Å². The van der Waals surface area contributed by atoms with Crippen molar-refractivity contribution in [1.82, 2.24) is 19.4 Å². The number of morpholine rings is 1. The molecule has 3 heterocycles. The minimum Gasteiger partial charge on any atom is -0.494 e. The zero-order valence-corrected chi connectivity index (χ0v) is 36.1. The number of hydrogen-bond donors (Lipinski definition) is 2. The number of halogens is 2. The third-order valence-corrected chi connectivity index (χ3v) is 12.5. The number of rotatable bonds is 16. The van der Waals surface area contributed by atoms with E-state index in [0.717, 1.165) is 84.6 Å². The Hall–Kier alpha value is -5.58. The van der Waals surface area contributed by atoms with Gasteiger partial charge in [-0.3, -0.25) is 9.69 Å². The minimum absolute atomic E-state index is 0.135. The smallest absolute Gasteiger partial charge is 0.352 e. The molecule has 7 aromatic rings. The lowest BCUT2D eigenvalue weighted by Gasteiger charge is -2.27. The molecule has 0 unspecified atom stereocenters. The second-order valence-electron chi connectivity index (χ2n) is 15.7. The van der Waals surface area contributed by atoms with Crippen LogP contribution in [0, 0.1) is 13.8 Å².